The van der Waals surface area contributed by atoms with E-state index in [1.54, 1.807) is 12.1 Å². The first kappa shape index (κ1) is 8.89. The predicted molar refractivity (Wildman–Crippen MR) is 49.9 cm³/mol. The normalized spacial score (nSPS) is 18.1. The molecule has 5 nitrogen and oxygen atoms in total. The van der Waals surface area contributed by atoms with Crippen molar-refractivity contribution in [2.45, 2.75) is 4.90 Å². The fourth-order valence-corrected chi connectivity index (χ4v) is 2.21. The molecule has 72 valence electrons. The van der Waals surface area contributed by atoms with Crippen LogP contribution in [-0.4, -0.2) is 20.5 Å². The smallest absolute Gasteiger partial charge is 0.267 e. The molecule has 1 N–H and O–H groups in total. The minimum atomic E-state index is -3.75. The standard InChI is InChI=1S/C8H6N2O3S/c11-8-5-9-6-3-1-2-4-7(6)14(12,13)10-8/h1-5H,(H,10,11). The molecule has 0 saturated carbocycles. The number of amides is 1. The molecule has 1 aromatic carbocycles. The van der Waals surface area contributed by atoms with Crippen molar-refractivity contribution >= 4 is 27.8 Å². The zero-order valence-corrected chi connectivity index (χ0v) is 7.78. The number of sulfonamides is 1. The molecule has 0 bridgehead atoms. The zero-order chi connectivity index (χ0) is 10.2. The fourth-order valence-electron chi connectivity index (χ4n) is 1.13. The van der Waals surface area contributed by atoms with Crippen molar-refractivity contribution < 1.29 is 13.2 Å². The Hall–Kier alpha value is -1.69. The molecule has 0 radical (unpaired) electrons. The van der Waals surface area contributed by atoms with E-state index in [0.29, 0.717) is 0 Å². The van der Waals surface area contributed by atoms with Gasteiger partial charge >= 0.3 is 0 Å². The highest BCUT2D eigenvalue weighted by atomic mass is 32.2. The lowest BCUT2D eigenvalue weighted by molar-refractivity contribution is -0.112. The molecule has 14 heavy (non-hydrogen) atoms. The van der Waals surface area contributed by atoms with Crippen molar-refractivity contribution in [2.24, 2.45) is 4.99 Å². The van der Waals surface area contributed by atoms with E-state index >= 15 is 0 Å². The van der Waals surface area contributed by atoms with Gasteiger partial charge in [0.25, 0.3) is 15.9 Å². The SMILES string of the molecule is O=C1C=Nc2ccccc2S(=O)(=O)N1. The molecule has 6 heteroatoms. The summed E-state index contributed by atoms with van der Waals surface area (Å²) in [4.78, 5) is 14.7. The van der Waals surface area contributed by atoms with Crippen molar-refractivity contribution in [1.82, 2.24) is 4.72 Å². The maximum atomic E-state index is 11.5. The van der Waals surface area contributed by atoms with E-state index in [0.717, 1.165) is 6.21 Å². The second-order valence-electron chi connectivity index (χ2n) is 2.70. The molecule has 2 rings (SSSR count). The number of rotatable bonds is 0. The van der Waals surface area contributed by atoms with Crippen LogP contribution in [0.1, 0.15) is 0 Å². The van der Waals surface area contributed by atoms with E-state index in [1.807, 2.05) is 4.72 Å². The van der Waals surface area contributed by atoms with Crippen LogP contribution in [0.4, 0.5) is 5.69 Å². The van der Waals surface area contributed by atoms with Gasteiger partial charge in [0.2, 0.25) is 0 Å². The molecular formula is C8H6N2O3S. The number of para-hydroxylation sites is 1. The molecule has 0 saturated heterocycles. The summed E-state index contributed by atoms with van der Waals surface area (Å²) in [5.41, 5.74) is 0.269. The highest BCUT2D eigenvalue weighted by Crippen LogP contribution is 2.24. The van der Waals surface area contributed by atoms with Crippen molar-refractivity contribution in [3.63, 3.8) is 0 Å². The zero-order valence-electron chi connectivity index (χ0n) is 6.97. The van der Waals surface area contributed by atoms with Crippen LogP contribution >= 0.6 is 0 Å². The molecule has 0 spiro atoms. The minimum Gasteiger partial charge on any atom is -0.267 e. The van der Waals surface area contributed by atoms with Crippen LogP contribution < -0.4 is 4.72 Å². The number of carbonyl (C=O) groups excluding carboxylic acids is 1. The molecule has 1 amide bonds. The molecule has 0 unspecified atom stereocenters. The average molecular weight is 210 g/mol. The molecule has 0 aromatic heterocycles. The van der Waals surface area contributed by atoms with Crippen molar-refractivity contribution in [1.29, 1.82) is 0 Å². The summed E-state index contributed by atoms with van der Waals surface area (Å²) in [5.74, 6) is -0.735. The third kappa shape index (κ3) is 1.39. The van der Waals surface area contributed by atoms with Gasteiger partial charge in [0.05, 0.1) is 11.9 Å². The summed E-state index contributed by atoms with van der Waals surface area (Å²) >= 11 is 0. The number of aliphatic imine (C=N–C) groups is 1. The van der Waals surface area contributed by atoms with Gasteiger partial charge in [-0.05, 0) is 12.1 Å². The molecule has 0 fully saturated rings. The van der Waals surface area contributed by atoms with Crippen molar-refractivity contribution in [2.75, 3.05) is 0 Å². The van der Waals surface area contributed by atoms with E-state index in [1.165, 1.54) is 12.1 Å². The average Bonchev–Trinajstić information content (AvgIpc) is 2.24. The number of nitrogens with zero attached hydrogens (tertiary/aromatic N) is 1. The lowest BCUT2D eigenvalue weighted by Crippen LogP contribution is -2.29. The maximum absolute atomic E-state index is 11.5. The summed E-state index contributed by atoms with van der Waals surface area (Å²) in [6.07, 6.45) is 0.948. The Morgan fingerprint density at radius 3 is 2.71 bits per heavy atom. The maximum Gasteiger partial charge on any atom is 0.276 e. The Kier molecular flexibility index (Phi) is 1.85. The van der Waals surface area contributed by atoms with E-state index in [4.69, 9.17) is 0 Å². The number of carbonyl (C=O) groups is 1. The second-order valence-corrected chi connectivity index (χ2v) is 4.35. The third-order valence-corrected chi connectivity index (χ3v) is 3.10. The Bertz CT molecular complexity index is 519. The lowest BCUT2D eigenvalue weighted by atomic mass is 10.3. The monoisotopic (exact) mass is 210 g/mol. The van der Waals surface area contributed by atoms with Crippen molar-refractivity contribution in [3.8, 4) is 0 Å². The summed E-state index contributed by atoms with van der Waals surface area (Å²) in [5, 5.41) is 0. The predicted octanol–water partition coefficient (Wildman–Crippen LogP) is 0.207. The second kappa shape index (κ2) is 2.91. The van der Waals surface area contributed by atoms with Crippen LogP contribution in [0.15, 0.2) is 34.2 Å². The van der Waals surface area contributed by atoms with Crippen LogP contribution in [-0.2, 0) is 14.8 Å². The van der Waals surface area contributed by atoms with Gasteiger partial charge in [-0.1, -0.05) is 12.1 Å². The van der Waals surface area contributed by atoms with E-state index in [9.17, 15) is 13.2 Å². The van der Waals surface area contributed by atoms with Gasteiger partial charge in [-0.2, -0.15) is 0 Å². The Morgan fingerprint density at radius 1 is 1.21 bits per heavy atom. The largest absolute Gasteiger partial charge is 0.276 e. The number of hydrogen-bond donors (Lipinski definition) is 1. The molecule has 1 aliphatic heterocycles. The topological polar surface area (TPSA) is 75.6 Å². The van der Waals surface area contributed by atoms with Crippen LogP contribution in [0.5, 0.6) is 0 Å². The van der Waals surface area contributed by atoms with Crippen LogP contribution in [0.3, 0.4) is 0 Å². The van der Waals surface area contributed by atoms with E-state index in [-0.39, 0.29) is 10.6 Å². The number of benzene rings is 1. The summed E-state index contributed by atoms with van der Waals surface area (Å²) < 4.78 is 24.8. The van der Waals surface area contributed by atoms with Gasteiger partial charge in [0.1, 0.15) is 4.90 Å². The van der Waals surface area contributed by atoms with Crippen LogP contribution in [0, 0.1) is 0 Å². The Labute approximate surface area is 80.5 Å². The van der Waals surface area contributed by atoms with Gasteiger partial charge in [0, 0.05) is 0 Å². The third-order valence-electron chi connectivity index (χ3n) is 1.71. The van der Waals surface area contributed by atoms with Gasteiger partial charge in [-0.15, -0.1) is 0 Å². The summed E-state index contributed by atoms with van der Waals surface area (Å²) in [7, 11) is -3.75. The highest BCUT2D eigenvalue weighted by molar-refractivity contribution is 7.90. The Morgan fingerprint density at radius 2 is 1.93 bits per heavy atom. The van der Waals surface area contributed by atoms with Crippen molar-refractivity contribution in [3.05, 3.63) is 24.3 Å². The molecule has 0 aliphatic carbocycles. The first-order chi connectivity index (χ1) is 6.59. The van der Waals surface area contributed by atoms with Gasteiger partial charge in [-0.25, -0.2) is 18.1 Å². The number of nitrogens with one attached hydrogen (secondary N) is 1. The molecule has 1 aliphatic rings. The first-order valence-corrected chi connectivity index (χ1v) is 5.28. The first-order valence-electron chi connectivity index (χ1n) is 3.79. The number of fused-ring (bicyclic) bond motifs is 1. The van der Waals surface area contributed by atoms with E-state index in [2.05, 4.69) is 4.99 Å². The fraction of sp³-hybridized carbons (Fsp3) is 0. The quantitative estimate of drug-likeness (QED) is 0.665. The minimum absolute atomic E-state index is 0.0158. The number of hydrogen-bond acceptors (Lipinski definition) is 4. The molecule has 0 atom stereocenters. The van der Waals surface area contributed by atoms with Gasteiger partial charge in [0.15, 0.2) is 0 Å². The van der Waals surface area contributed by atoms with Crippen LogP contribution in [0.25, 0.3) is 0 Å². The Balaban J connectivity index is 2.72. The summed E-state index contributed by atoms with van der Waals surface area (Å²) in [6, 6.07) is 6.15. The van der Waals surface area contributed by atoms with Crippen LogP contribution in [0.2, 0.25) is 0 Å². The van der Waals surface area contributed by atoms with Gasteiger partial charge in [-0.3, -0.25) is 4.79 Å². The summed E-state index contributed by atoms with van der Waals surface area (Å²) in [6.45, 7) is 0. The highest BCUT2D eigenvalue weighted by Gasteiger charge is 2.22. The molecule has 1 heterocycles. The molecular weight excluding hydrogens is 204 g/mol. The molecule has 1 aromatic rings. The van der Waals surface area contributed by atoms with Gasteiger partial charge < -0.3 is 0 Å². The van der Waals surface area contributed by atoms with E-state index < -0.39 is 15.9 Å². The lowest BCUT2D eigenvalue weighted by Gasteiger charge is -2.02.